The van der Waals surface area contributed by atoms with Gasteiger partial charge < -0.3 is 0 Å². The number of hydrogen-bond donors (Lipinski definition) is 0. The normalized spacial score (nSPS) is 11.2. The van der Waals surface area contributed by atoms with Gasteiger partial charge in [0.1, 0.15) is 4.90 Å². The van der Waals surface area contributed by atoms with Crippen molar-refractivity contribution in [2.45, 2.75) is 11.8 Å². The smallest absolute Gasteiger partial charge is 0.262 e. The first-order chi connectivity index (χ1) is 11.7. The van der Waals surface area contributed by atoms with Gasteiger partial charge in [0, 0.05) is 11.1 Å². The van der Waals surface area contributed by atoms with E-state index in [0.717, 1.165) is 4.31 Å². The molecule has 2 aromatic rings. The lowest BCUT2D eigenvalue weighted by Gasteiger charge is -2.25. The second kappa shape index (κ2) is 7.43. The molecule has 6 nitrogen and oxygen atoms in total. The average molecular weight is 401 g/mol. The van der Waals surface area contributed by atoms with Crippen molar-refractivity contribution in [3.63, 3.8) is 0 Å². The number of nitrogens with zero attached hydrogens (tertiary/aromatic N) is 2. The third kappa shape index (κ3) is 3.78. The summed E-state index contributed by atoms with van der Waals surface area (Å²) >= 11 is 11.9. The lowest BCUT2D eigenvalue weighted by atomic mass is 10.1. The predicted octanol–water partition coefficient (Wildman–Crippen LogP) is 4.59. The molecule has 0 fully saturated rings. The molecule has 0 aromatic heterocycles. The van der Waals surface area contributed by atoms with Crippen LogP contribution in [0.3, 0.4) is 0 Å². The van der Waals surface area contributed by atoms with Crippen molar-refractivity contribution in [2.75, 3.05) is 10.8 Å². The summed E-state index contributed by atoms with van der Waals surface area (Å²) in [5.74, 6) is 0. The van der Waals surface area contributed by atoms with Gasteiger partial charge in [0.25, 0.3) is 15.7 Å². The Labute approximate surface area is 155 Å². The SMILES string of the molecule is C=CCN(c1cccc([N+](=O)[O-])c1C)S(=O)(=O)c1cc(Cl)ccc1Cl. The quantitative estimate of drug-likeness (QED) is 0.403. The van der Waals surface area contributed by atoms with Crippen LogP contribution >= 0.6 is 23.2 Å². The van der Waals surface area contributed by atoms with Gasteiger partial charge >= 0.3 is 0 Å². The maximum absolute atomic E-state index is 13.1. The lowest BCUT2D eigenvalue weighted by molar-refractivity contribution is -0.385. The van der Waals surface area contributed by atoms with Gasteiger partial charge in [0.2, 0.25) is 0 Å². The average Bonchev–Trinajstić information content (AvgIpc) is 2.55. The van der Waals surface area contributed by atoms with Crippen LogP contribution < -0.4 is 4.31 Å². The van der Waals surface area contributed by atoms with E-state index < -0.39 is 14.9 Å². The molecule has 2 aromatic carbocycles. The van der Waals surface area contributed by atoms with Crippen molar-refractivity contribution in [3.8, 4) is 0 Å². The van der Waals surface area contributed by atoms with Gasteiger partial charge in [0.15, 0.2) is 0 Å². The number of nitro groups is 1. The first-order valence-corrected chi connectivity index (χ1v) is 9.22. The first kappa shape index (κ1) is 19.2. The third-order valence-corrected chi connectivity index (χ3v) is 5.99. The van der Waals surface area contributed by atoms with E-state index in [9.17, 15) is 18.5 Å². The largest absolute Gasteiger partial charge is 0.274 e. The Morgan fingerprint density at radius 2 is 1.96 bits per heavy atom. The van der Waals surface area contributed by atoms with Gasteiger partial charge in [-0.15, -0.1) is 6.58 Å². The Hall–Kier alpha value is -2.09. The van der Waals surface area contributed by atoms with Gasteiger partial charge in [-0.1, -0.05) is 35.3 Å². The maximum atomic E-state index is 13.1. The Bertz CT molecular complexity index is 945. The molecule has 0 saturated heterocycles. The van der Waals surface area contributed by atoms with Gasteiger partial charge in [-0.05, 0) is 31.2 Å². The zero-order valence-corrected chi connectivity index (χ0v) is 15.5. The summed E-state index contributed by atoms with van der Waals surface area (Å²) in [5.41, 5.74) is 0.208. The fourth-order valence-corrected chi connectivity index (χ4v) is 4.55. The van der Waals surface area contributed by atoms with Gasteiger partial charge in [-0.3, -0.25) is 14.4 Å². The summed E-state index contributed by atoms with van der Waals surface area (Å²) in [4.78, 5) is 10.4. The van der Waals surface area contributed by atoms with Crippen LogP contribution in [0.2, 0.25) is 10.0 Å². The topological polar surface area (TPSA) is 80.5 Å². The van der Waals surface area contributed by atoms with E-state index in [2.05, 4.69) is 6.58 Å². The van der Waals surface area contributed by atoms with Crippen LogP contribution in [0.1, 0.15) is 5.56 Å². The Morgan fingerprint density at radius 1 is 1.28 bits per heavy atom. The minimum absolute atomic E-state index is 0.00143. The van der Waals surface area contributed by atoms with Gasteiger partial charge in [0.05, 0.1) is 27.7 Å². The number of nitro benzene ring substituents is 1. The molecule has 25 heavy (non-hydrogen) atoms. The van der Waals surface area contributed by atoms with Crippen LogP contribution in [-0.2, 0) is 10.0 Å². The van der Waals surface area contributed by atoms with Crippen molar-refractivity contribution in [1.29, 1.82) is 0 Å². The van der Waals surface area contributed by atoms with Crippen molar-refractivity contribution in [1.82, 2.24) is 0 Å². The van der Waals surface area contributed by atoms with Crippen LogP contribution in [0.25, 0.3) is 0 Å². The molecule has 2 rings (SSSR count). The van der Waals surface area contributed by atoms with E-state index in [1.165, 1.54) is 49.4 Å². The van der Waals surface area contributed by atoms with E-state index >= 15 is 0 Å². The molecule has 0 amide bonds. The molecular formula is C16H14Cl2N2O4S. The summed E-state index contributed by atoms with van der Waals surface area (Å²) in [6.45, 7) is 4.96. The van der Waals surface area contributed by atoms with Crippen molar-refractivity contribution in [2.24, 2.45) is 0 Å². The van der Waals surface area contributed by atoms with E-state index in [1.54, 1.807) is 0 Å². The molecule has 0 bridgehead atoms. The molecule has 132 valence electrons. The van der Waals surface area contributed by atoms with E-state index in [0.29, 0.717) is 0 Å². The molecule has 0 N–H and O–H groups in total. The molecule has 0 unspecified atom stereocenters. The molecule has 0 spiro atoms. The number of rotatable bonds is 6. The standard InChI is InChI=1S/C16H14Cl2N2O4S/c1-3-9-19(14-5-4-6-15(11(14)2)20(21)22)25(23,24)16-10-12(17)7-8-13(16)18/h3-8,10H,1,9H2,2H3. The van der Waals surface area contributed by atoms with Crippen LogP contribution in [-0.4, -0.2) is 19.9 Å². The number of hydrogen-bond acceptors (Lipinski definition) is 4. The zero-order chi connectivity index (χ0) is 18.8. The van der Waals surface area contributed by atoms with Crippen LogP contribution in [0, 0.1) is 17.0 Å². The van der Waals surface area contributed by atoms with Crippen molar-refractivity contribution < 1.29 is 13.3 Å². The summed E-state index contributed by atoms with van der Waals surface area (Å²) in [7, 11) is -4.11. The van der Waals surface area contributed by atoms with E-state index in [-0.39, 0.29) is 38.4 Å². The number of benzene rings is 2. The zero-order valence-electron chi connectivity index (χ0n) is 13.1. The number of anilines is 1. The summed E-state index contributed by atoms with van der Waals surface area (Å²) in [6, 6.07) is 8.31. The molecule has 0 aliphatic carbocycles. The molecule has 0 saturated carbocycles. The second-order valence-electron chi connectivity index (χ2n) is 5.08. The van der Waals surface area contributed by atoms with Gasteiger partial charge in [-0.2, -0.15) is 0 Å². The first-order valence-electron chi connectivity index (χ1n) is 7.03. The van der Waals surface area contributed by atoms with Crippen LogP contribution in [0.4, 0.5) is 11.4 Å². The minimum atomic E-state index is -4.11. The number of halogens is 2. The minimum Gasteiger partial charge on any atom is -0.262 e. The Morgan fingerprint density at radius 3 is 2.56 bits per heavy atom. The van der Waals surface area contributed by atoms with Crippen LogP contribution in [0.5, 0.6) is 0 Å². The Kier molecular flexibility index (Phi) is 5.72. The second-order valence-corrected chi connectivity index (χ2v) is 7.75. The van der Waals surface area contributed by atoms with Crippen molar-refractivity contribution in [3.05, 3.63) is 74.8 Å². The molecule has 0 radical (unpaired) electrons. The molecule has 0 heterocycles. The highest BCUT2D eigenvalue weighted by atomic mass is 35.5. The molecule has 0 aliphatic heterocycles. The van der Waals surface area contributed by atoms with Crippen LogP contribution in [0.15, 0.2) is 53.9 Å². The molecule has 9 heteroatoms. The molecule has 0 aliphatic rings. The molecule has 0 atom stereocenters. The lowest BCUT2D eigenvalue weighted by Crippen LogP contribution is -2.32. The fraction of sp³-hybridized carbons (Fsp3) is 0.125. The third-order valence-electron chi connectivity index (χ3n) is 3.50. The fourth-order valence-electron chi connectivity index (χ4n) is 2.32. The molecular weight excluding hydrogens is 387 g/mol. The summed E-state index contributed by atoms with van der Waals surface area (Å²) < 4.78 is 27.2. The Balaban J connectivity index is 2.70. The number of sulfonamides is 1. The highest BCUT2D eigenvalue weighted by Crippen LogP contribution is 2.34. The van der Waals surface area contributed by atoms with E-state index in [1.807, 2.05) is 0 Å². The van der Waals surface area contributed by atoms with E-state index in [4.69, 9.17) is 23.2 Å². The summed E-state index contributed by atoms with van der Waals surface area (Å²) in [6.07, 6.45) is 1.38. The van der Waals surface area contributed by atoms with Gasteiger partial charge in [-0.25, -0.2) is 8.42 Å². The van der Waals surface area contributed by atoms with Crippen molar-refractivity contribution >= 4 is 44.6 Å². The maximum Gasteiger partial charge on any atom is 0.274 e. The predicted molar refractivity (Wildman–Crippen MR) is 99.0 cm³/mol. The highest BCUT2D eigenvalue weighted by molar-refractivity contribution is 7.93. The highest BCUT2D eigenvalue weighted by Gasteiger charge is 2.29. The monoisotopic (exact) mass is 400 g/mol. The summed E-state index contributed by atoms with van der Waals surface area (Å²) in [5, 5.41) is 11.4.